The molecule has 0 saturated carbocycles. The maximum absolute atomic E-state index is 12.8. The Morgan fingerprint density at radius 3 is 2.67 bits per heavy atom. The third-order valence-corrected chi connectivity index (χ3v) is 4.41. The highest BCUT2D eigenvalue weighted by molar-refractivity contribution is 5.96. The van der Waals surface area contributed by atoms with Crippen molar-refractivity contribution < 1.29 is 9.53 Å². The van der Waals surface area contributed by atoms with Crippen molar-refractivity contribution >= 4 is 11.6 Å². The summed E-state index contributed by atoms with van der Waals surface area (Å²) >= 11 is 0. The van der Waals surface area contributed by atoms with E-state index < -0.39 is 0 Å². The summed E-state index contributed by atoms with van der Waals surface area (Å²) < 4.78 is 5.21. The molecule has 0 saturated heterocycles. The number of anilines is 1. The number of hydrogen-bond acceptors (Lipinski definition) is 3. The van der Waals surface area contributed by atoms with Crippen molar-refractivity contribution in [1.82, 2.24) is 4.90 Å². The minimum atomic E-state index is 0.159. The minimum absolute atomic E-state index is 0.159. The Labute approximate surface area is 143 Å². The molecule has 24 heavy (non-hydrogen) atoms. The number of benzene rings is 2. The van der Waals surface area contributed by atoms with E-state index in [1.165, 1.54) is 11.1 Å². The van der Waals surface area contributed by atoms with Gasteiger partial charge in [-0.2, -0.15) is 0 Å². The van der Waals surface area contributed by atoms with Crippen molar-refractivity contribution in [2.24, 2.45) is 0 Å². The number of amides is 1. The molecule has 0 radical (unpaired) electrons. The molecule has 3 rings (SSSR count). The van der Waals surface area contributed by atoms with E-state index in [0.29, 0.717) is 13.2 Å². The molecular weight excluding hydrogens is 300 g/mol. The number of nitrogens with zero attached hydrogens (tertiary/aromatic N) is 2. The average Bonchev–Trinajstić information content (AvgIpc) is 3.05. The first kappa shape index (κ1) is 16.7. The predicted molar refractivity (Wildman–Crippen MR) is 96.1 cm³/mol. The van der Waals surface area contributed by atoms with Crippen LogP contribution in [-0.2, 0) is 22.5 Å². The lowest BCUT2D eigenvalue weighted by Crippen LogP contribution is -2.40. The van der Waals surface area contributed by atoms with Crippen LogP contribution in [0.1, 0.15) is 11.1 Å². The van der Waals surface area contributed by atoms with E-state index in [4.69, 9.17) is 4.74 Å². The van der Waals surface area contributed by atoms with Gasteiger partial charge in [0.1, 0.15) is 0 Å². The van der Waals surface area contributed by atoms with Crippen molar-refractivity contribution in [2.45, 2.75) is 13.0 Å². The fourth-order valence-electron chi connectivity index (χ4n) is 3.15. The number of fused-ring (bicyclic) bond motifs is 1. The van der Waals surface area contributed by atoms with Crippen LogP contribution in [0.15, 0.2) is 54.6 Å². The van der Waals surface area contributed by atoms with Gasteiger partial charge in [0.15, 0.2) is 0 Å². The smallest absolute Gasteiger partial charge is 0.241 e. The third kappa shape index (κ3) is 4.02. The van der Waals surface area contributed by atoms with Gasteiger partial charge in [-0.05, 0) is 23.6 Å². The molecule has 0 bridgehead atoms. The van der Waals surface area contributed by atoms with Gasteiger partial charge < -0.3 is 9.64 Å². The molecule has 126 valence electrons. The number of carbonyl (C=O) groups is 1. The van der Waals surface area contributed by atoms with Gasteiger partial charge in [0, 0.05) is 32.4 Å². The van der Waals surface area contributed by atoms with Crippen molar-refractivity contribution in [3.63, 3.8) is 0 Å². The van der Waals surface area contributed by atoms with Gasteiger partial charge in [0.2, 0.25) is 5.91 Å². The molecule has 0 atom stereocenters. The second-order valence-corrected chi connectivity index (χ2v) is 6.11. The van der Waals surface area contributed by atoms with Crippen LogP contribution in [0.4, 0.5) is 5.69 Å². The zero-order chi connectivity index (χ0) is 16.8. The first-order valence-electron chi connectivity index (χ1n) is 8.41. The zero-order valence-corrected chi connectivity index (χ0v) is 14.1. The SMILES string of the molecule is COCCN(CC(=O)N1CCc2ccccc21)Cc1ccccc1. The molecule has 0 spiro atoms. The van der Waals surface area contributed by atoms with Gasteiger partial charge >= 0.3 is 0 Å². The molecule has 4 nitrogen and oxygen atoms in total. The predicted octanol–water partition coefficient (Wildman–Crippen LogP) is 2.72. The van der Waals surface area contributed by atoms with Gasteiger partial charge in [-0.1, -0.05) is 48.5 Å². The molecular formula is C20H24N2O2. The Morgan fingerprint density at radius 2 is 1.88 bits per heavy atom. The fourth-order valence-corrected chi connectivity index (χ4v) is 3.15. The van der Waals surface area contributed by atoms with Gasteiger partial charge in [-0.25, -0.2) is 0 Å². The van der Waals surface area contributed by atoms with E-state index in [9.17, 15) is 4.79 Å². The van der Waals surface area contributed by atoms with Crippen molar-refractivity contribution in [2.75, 3.05) is 38.3 Å². The van der Waals surface area contributed by atoms with Crippen LogP contribution < -0.4 is 4.90 Å². The summed E-state index contributed by atoms with van der Waals surface area (Å²) in [6.45, 7) is 3.31. The standard InChI is InChI=1S/C20H24N2O2/c1-24-14-13-21(15-17-7-3-2-4-8-17)16-20(23)22-12-11-18-9-5-6-10-19(18)22/h2-10H,11-16H2,1H3. The van der Waals surface area contributed by atoms with E-state index >= 15 is 0 Å². The second kappa shape index (κ2) is 8.08. The van der Waals surface area contributed by atoms with Crippen LogP contribution in [0.5, 0.6) is 0 Å². The molecule has 1 aliphatic heterocycles. The lowest BCUT2D eigenvalue weighted by Gasteiger charge is -2.25. The third-order valence-electron chi connectivity index (χ3n) is 4.41. The summed E-state index contributed by atoms with van der Waals surface area (Å²) in [7, 11) is 1.69. The Balaban J connectivity index is 1.67. The van der Waals surface area contributed by atoms with Gasteiger partial charge in [0.25, 0.3) is 0 Å². The summed E-state index contributed by atoms with van der Waals surface area (Å²) in [6, 6.07) is 18.4. The van der Waals surface area contributed by atoms with E-state index in [0.717, 1.165) is 31.7 Å². The van der Waals surface area contributed by atoms with Crippen LogP contribution in [0, 0.1) is 0 Å². The molecule has 4 heteroatoms. The lowest BCUT2D eigenvalue weighted by molar-refractivity contribution is -0.119. The molecule has 2 aromatic rings. The van der Waals surface area contributed by atoms with Crippen LogP contribution in [0.3, 0.4) is 0 Å². The van der Waals surface area contributed by atoms with Crippen LogP contribution in [0.2, 0.25) is 0 Å². The van der Waals surface area contributed by atoms with Gasteiger partial charge in [0.05, 0.1) is 13.2 Å². The highest BCUT2D eigenvalue weighted by atomic mass is 16.5. The van der Waals surface area contributed by atoms with Crippen LogP contribution in [-0.4, -0.2) is 44.2 Å². The van der Waals surface area contributed by atoms with E-state index in [2.05, 4.69) is 23.1 Å². The molecule has 0 N–H and O–H groups in total. The van der Waals surface area contributed by atoms with Crippen LogP contribution in [0.25, 0.3) is 0 Å². The second-order valence-electron chi connectivity index (χ2n) is 6.11. The summed E-state index contributed by atoms with van der Waals surface area (Å²) in [5, 5.41) is 0. The normalized spacial score (nSPS) is 13.3. The maximum atomic E-state index is 12.8. The molecule has 0 fully saturated rings. The Morgan fingerprint density at radius 1 is 1.12 bits per heavy atom. The minimum Gasteiger partial charge on any atom is -0.383 e. The molecule has 1 heterocycles. The molecule has 0 unspecified atom stereocenters. The number of carbonyl (C=O) groups excluding carboxylic acids is 1. The fraction of sp³-hybridized carbons (Fsp3) is 0.350. The van der Waals surface area contributed by atoms with Crippen molar-refractivity contribution in [3.8, 4) is 0 Å². The molecule has 0 aliphatic carbocycles. The largest absolute Gasteiger partial charge is 0.383 e. The summed E-state index contributed by atoms with van der Waals surface area (Å²) in [6.07, 6.45) is 0.943. The number of hydrogen-bond donors (Lipinski definition) is 0. The van der Waals surface area contributed by atoms with Crippen molar-refractivity contribution in [3.05, 3.63) is 65.7 Å². The average molecular weight is 324 g/mol. The summed E-state index contributed by atoms with van der Waals surface area (Å²) in [5.41, 5.74) is 3.54. The molecule has 1 aliphatic rings. The Kier molecular flexibility index (Phi) is 5.62. The van der Waals surface area contributed by atoms with Gasteiger partial charge in [-0.3, -0.25) is 9.69 Å². The van der Waals surface area contributed by atoms with Crippen LogP contribution >= 0.6 is 0 Å². The molecule has 0 aromatic heterocycles. The topological polar surface area (TPSA) is 32.8 Å². The first-order chi connectivity index (χ1) is 11.8. The molecule has 1 amide bonds. The van der Waals surface area contributed by atoms with Crippen molar-refractivity contribution in [1.29, 1.82) is 0 Å². The zero-order valence-electron chi connectivity index (χ0n) is 14.1. The number of rotatable bonds is 7. The summed E-state index contributed by atoms with van der Waals surface area (Å²) in [4.78, 5) is 16.9. The van der Waals surface area contributed by atoms with E-state index in [1.54, 1.807) is 7.11 Å². The first-order valence-corrected chi connectivity index (χ1v) is 8.41. The quantitative estimate of drug-likeness (QED) is 0.785. The van der Waals surface area contributed by atoms with E-state index in [-0.39, 0.29) is 5.91 Å². The maximum Gasteiger partial charge on any atom is 0.241 e. The number of para-hydroxylation sites is 1. The summed E-state index contributed by atoms with van der Waals surface area (Å²) in [5.74, 6) is 0.159. The Bertz CT molecular complexity index is 672. The van der Waals surface area contributed by atoms with E-state index in [1.807, 2.05) is 41.3 Å². The lowest BCUT2D eigenvalue weighted by atomic mass is 10.2. The Hall–Kier alpha value is -2.17. The monoisotopic (exact) mass is 324 g/mol. The van der Waals surface area contributed by atoms with Gasteiger partial charge in [-0.15, -0.1) is 0 Å². The number of methoxy groups -OCH3 is 1. The highest BCUT2D eigenvalue weighted by Crippen LogP contribution is 2.27. The highest BCUT2D eigenvalue weighted by Gasteiger charge is 2.25. The number of ether oxygens (including phenoxy) is 1. The molecule has 2 aromatic carbocycles.